The van der Waals surface area contributed by atoms with Crippen molar-refractivity contribution in [2.45, 2.75) is 13.0 Å². The molecule has 2 rings (SSSR count). The molecule has 0 amide bonds. The van der Waals surface area contributed by atoms with Gasteiger partial charge in [-0.05, 0) is 30.7 Å². The lowest BCUT2D eigenvalue weighted by Gasteiger charge is -2.15. The summed E-state index contributed by atoms with van der Waals surface area (Å²) in [4.78, 5) is 14.4. The van der Waals surface area contributed by atoms with E-state index in [9.17, 15) is 10.1 Å². The van der Waals surface area contributed by atoms with Gasteiger partial charge in [-0.25, -0.2) is 4.98 Å². The number of halogens is 1. The molecule has 98 valence electrons. The summed E-state index contributed by atoms with van der Waals surface area (Å²) in [5.74, 6) is 0.250. The summed E-state index contributed by atoms with van der Waals surface area (Å²) >= 11 is 5.92. The SMILES string of the molecule is C[C@@H](Nc1ncccc1[N+](=O)[O-])c1cccc(Cl)c1. The summed E-state index contributed by atoms with van der Waals surface area (Å²) < 4.78 is 0. The standard InChI is InChI=1S/C13H12ClN3O2/c1-9(10-4-2-5-11(14)8-10)16-13-12(17(18)19)6-3-7-15-13/h2-9H,1H3,(H,15,16)/t9-/m1/s1. The fourth-order valence-corrected chi connectivity index (χ4v) is 1.92. The zero-order valence-electron chi connectivity index (χ0n) is 10.2. The minimum atomic E-state index is -0.458. The van der Waals surface area contributed by atoms with Gasteiger partial charge in [-0.2, -0.15) is 0 Å². The van der Waals surface area contributed by atoms with Crippen LogP contribution in [0.1, 0.15) is 18.5 Å². The lowest BCUT2D eigenvalue weighted by molar-refractivity contribution is -0.384. The number of benzene rings is 1. The second-order valence-corrected chi connectivity index (χ2v) is 4.49. The highest BCUT2D eigenvalue weighted by Gasteiger charge is 2.16. The fraction of sp³-hybridized carbons (Fsp3) is 0.154. The van der Waals surface area contributed by atoms with Crippen molar-refractivity contribution in [1.29, 1.82) is 0 Å². The van der Waals surface area contributed by atoms with Crippen LogP contribution < -0.4 is 5.32 Å². The molecule has 0 aliphatic carbocycles. The average Bonchev–Trinajstić information content (AvgIpc) is 2.39. The first kappa shape index (κ1) is 13.3. The van der Waals surface area contributed by atoms with Crippen LogP contribution in [0.3, 0.4) is 0 Å². The Bertz CT molecular complexity index is 604. The molecule has 0 unspecified atom stereocenters. The molecule has 19 heavy (non-hydrogen) atoms. The van der Waals surface area contributed by atoms with E-state index in [1.54, 1.807) is 6.07 Å². The number of hydrogen-bond acceptors (Lipinski definition) is 4. The summed E-state index contributed by atoms with van der Waals surface area (Å²) in [5.41, 5.74) is 0.892. The number of aromatic nitrogens is 1. The van der Waals surface area contributed by atoms with Crippen LogP contribution in [0.5, 0.6) is 0 Å². The van der Waals surface area contributed by atoms with Crippen LogP contribution >= 0.6 is 11.6 Å². The monoisotopic (exact) mass is 277 g/mol. The van der Waals surface area contributed by atoms with E-state index in [4.69, 9.17) is 11.6 Å². The molecule has 0 saturated carbocycles. The number of nitro groups is 1. The Hall–Kier alpha value is -2.14. The molecule has 1 atom stereocenters. The van der Waals surface area contributed by atoms with Gasteiger partial charge >= 0.3 is 5.69 Å². The molecule has 1 heterocycles. The predicted octanol–water partition coefficient (Wildman–Crippen LogP) is 3.82. The third kappa shape index (κ3) is 3.20. The molecular weight excluding hydrogens is 266 g/mol. The lowest BCUT2D eigenvalue weighted by Crippen LogP contribution is -2.09. The predicted molar refractivity (Wildman–Crippen MR) is 74.4 cm³/mol. The Morgan fingerprint density at radius 1 is 1.37 bits per heavy atom. The summed E-state index contributed by atoms with van der Waals surface area (Å²) in [6.07, 6.45) is 1.51. The molecule has 0 radical (unpaired) electrons. The summed E-state index contributed by atoms with van der Waals surface area (Å²) in [6.45, 7) is 1.89. The van der Waals surface area contributed by atoms with Gasteiger partial charge < -0.3 is 5.32 Å². The van der Waals surface area contributed by atoms with E-state index in [-0.39, 0.29) is 17.5 Å². The summed E-state index contributed by atoms with van der Waals surface area (Å²) in [7, 11) is 0. The smallest absolute Gasteiger partial charge is 0.311 e. The first-order valence-electron chi connectivity index (χ1n) is 5.69. The molecule has 1 N–H and O–H groups in total. The van der Waals surface area contributed by atoms with Crippen molar-refractivity contribution in [3.05, 3.63) is 63.3 Å². The van der Waals surface area contributed by atoms with Crippen molar-refractivity contribution in [3.63, 3.8) is 0 Å². The average molecular weight is 278 g/mol. The minimum absolute atomic E-state index is 0.0450. The topological polar surface area (TPSA) is 68.1 Å². The Kier molecular flexibility index (Phi) is 3.97. The maximum absolute atomic E-state index is 10.9. The van der Waals surface area contributed by atoms with Crippen molar-refractivity contribution >= 4 is 23.1 Å². The molecule has 0 aliphatic rings. The number of nitrogens with one attached hydrogen (secondary N) is 1. The summed E-state index contributed by atoms with van der Waals surface area (Å²) in [6, 6.07) is 10.1. The van der Waals surface area contributed by atoms with Crippen LogP contribution in [0, 0.1) is 10.1 Å². The van der Waals surface area contributed by atoms with Crippen molar-refractivity contribution in [3.8, 4) is 0 Å². The van der Waals surface area contributed by atoms with Gasteiger partial charge in [0, 0.05) is 17.3 Å². The van der Waals surface area contributed by atoms with E-state index >= 15 is 0 Å². The molecule has 0 saturated heterocycles. The molecule has 1 aromatic carbocycles. The first-order chi connectivity index (χ1) is 9.08. The van der Waals surface area contributed by atoms with E-state index in [0.717, 1.165) is 5.56 Å². The third-order valence-corrected chi connectivity index (χ3v) is 2.92. The van der Waals surface area contributed by atoms with Crippen molar-refractivity contribution in [1.82, 2.24) is 4.98 Å². The second kappa shape index (κ2) is 5.67. The molecule has 6 heteroatoms. The zero-order chi connectivity index (χ0) is 13.8. The van der Waals surface area contributed by atoms with Gasteiger partial charge in [-0.1, -0.05) is 23.7 Å². The van der Waals surface area contributed by atoms with Gasteiger partial charge in [-0.3, -0.25) is 10.1 Å². The Balaban J connectivity index is 2.24. The minimum Gasteiger partial charge on any atom is -0.358 e. The van der Waals surface area contributed by atoms with Crippen LogP contribution in [0.15, 0.2) is 42.6 Å². The van der Waals surface area contributed by atoms with E-state index in [1.807, 2.05) is 25.1 Å². The number of pyridine rings is 1. The van der Waals surface area contributed by atoms with Crippen molar-refractivity contribution in [2.24, 2.45) is 0 Å². The number of anilines is 1. The van der Waals surface area contributed by atoms with E-state index in [2.05, 4.69) is 10.3 Å². The van der Waals surface area contributed by atoms with Crippen LogP contribution in [-0.2, 0) is 0 Å². The largest absolute Gasteiger partial charge is 0.358 e. The molecule has 0 aliphatic heterocycles. The van der Waals surface area contributed by atoms with Crippen molar-refractivity contribution in [2.75, 3.05) is 5.32 Å². The zero-order valence-corrected chi connectivity index (χ0v) is 11.0. The van der Waals surface area contributed by atoms with Crippen LogP contribution in [0.2, 0.25) is 5.02 Å². The fourth-order valence-electron chi connectivity index (χ4n) is 1.72. The highest BCUT2D eigenvalue weighted by Crippen LogP contribution is 2.26. The molecular formula is C13H12ClN3O2. The van der Waals surface area contributed by atoms with Gasteiger partial charge in [0.2, 0.25) is 5.82 Å². The first-order valence-corrected chi connectivity index (χ1v) is 6.07. The molecule has 2 aromatic rings. The Morgan fingerprint density at radius 2 is 2.16 bits per heavy atom. The number of rotatable bonds is 4. The van der Waals surface area contributed by atoms with E-state index in [0.29, 0.717) is 5.02 Å². The van der Waals surface area contributed by atoms with Crippen LogP contribution in [0.25, 0.3) is 0 Å². The highest BCUT2D eigenvalue weighted by molar-refractivity contribution is 6.30. The lowest BCUT2D eigenvalue weighted by atomic mass is 10.1. The maximum Gasteiger partial charge on any atom is 0.311 e. The van der Waals surface area contributed by atoms with Crippen LogP contribution in [0.4, 0.5) is 11.5 Å². The molecule has 5 nitrogen and oxygen atoms in total. The number of hydrogen-bond donors (Lipinski definition) is 1. The van der Waals surface area contributed by atoms with Gasteiger partial charge in [0.25, 0.3) is 0 Å². The van der Waals surface area contributed by atoms with Crippen molar-refractivity contribution < 1.29 is 4.92 Å². The molecule has 0 bridgehead atoms. The summed E-state index contributed by atoms with van der Waals surface area (Å²) in [5, 5.41) is 14.5. The van der Waals surface area contributed by atoms with E-state index in [1.165, 1.54) is 18.3 Å². The maximum atomic E-state index is 10.9. The molecule has 0 fully saturated rings. The third-order valence-electron chi connectivity index (χ3n) is 2.69. The normalized spacial score (nSPS) is 11.9. The second-order valence-electron chi connectivity index (χ2n) is 4.05. The van der Waals surface area contributed by atoms with Crippen LogP contribution in [-0.4, -0.2) is 9.91 Å². The van der Waals surface area contributed by atoms with Gasteiger partial charge in [0.05, 0.1) is 11.0 Å². The van der Waals surface area contributed by atoms with Gasteiger partial charge in [0.1, 0.15) is 0 Å². The quantitative estimate of drug-likeness (QED) is 0.681. The van der Waals surface area contributed by atoms with Gasteiger partial charge in [0.15, 0.2) is 0 Å². The number of nitrogens with zero attached hydrogens (tertiary/aromatic N) is 2. The molecule has 0 spiro atoms. The highest BCUT2D eigenvalue weighted by atomic mass is 35.5. The molecule has 1 aromatic heterocycles. The Morgan fingerprint density at radius 3 is 2.84 bits per heavy atom. The van der Waals surface area contributed by atoms with E-state index < -0.39 is 4.92 Å². The van der Waals surface area contributed by atoms with Gasteiger partial charge in [-0.15, -0.1) is 0 Å². The Labute approximate surface area is 115 Å².